The fourth-order valence-corrected chi connectivity index (χ4v) is 2.20. The monoisotopic (exact) mass is 219 g/mol. The van der Waals surface area contributed by atoms with Gasteiger partial charge in [-0.05, 0) is 12.8 Å². The van der Waals surface area contributed by atoms with Crippen LogP contribution < -0.4 is 0 Å². The van der Waals surface area contributed by atoms with Crippen LogP contribution in [0.15, 0.2) is 5.16 Å². The first-order chi connectivity index (χ1) is 6.76. The summed E-state index contributed by atoms with van der Waals surface area (Å²) < 4.78 is 11.3. The first-order valence-electron chi connectivity index (χ1n) is 4.95. The molecule has 2 rings (SSSR count). The molecule has 1 spiro atoms. The minimum atomic E-state index is -0.451. The Kier molecular flexibility index (Phi) is 2.95. The number of halogens is 1. The van der Waals surface area contributed by atoms with E-state index in [9.17, 15) is 0 Å². The largest absolute Gasteiger partial charge is 0.410 e. The van der Waals surface area contributed by atoms with Gasteiger partial charge >= 0.3 is 0 Å². The van der Waals surface area contributed by atoms with Crippen molar-refractivity contribution in [2.24, 2.45) is 5.16 Å². The third-order valence-electron chi connectivity index (χ3n) is 2.83. The van der Waals surface area contributed by atoms with E-state index in [0.29, 0.717) is 6.61 Å². The van der Waals surface area contributed by atoms with Crippen LogP contribution in [0.4, 0.5) is 0 Å². The molecule has 2 fully saturated rings. The van der Waals surface area contributed by atoms with E-state index in [2.05, 4.69) is 5.16 Å². The Morgan fingerprint density at radius 1 is 1.36 bits per heavy atom. The highest BCUT2D eigenvalue weighted by molar-refractivity contribution is 6.66. The second-order valence-corrected chi connectivity index (χ2v) is 4.20. The molecule has 1 saturated heterocycles. The quantitative estimate of drug-likeness (QED) is 0.417. The van der Waals surface area contributed by atoms with Crippen LogP contribution in [0.3, 0.4) is 0 Å². The van der Waals surface area contributed by atoms with Crippen LogP contribution in [-0.2, 0) is 9.47 Å². The van der Waals surface area contributed by atoms with Gasteiger partial charge in [-0.1, -0.05) is 23.2 Å². The van der Waals surface area contributed by atoms with Crippen LogP contribution >= 0.6 is 11.6 Å². The Balaban J connectivity index is 1.99. The number of oxime groups is 1. The fraction of sp³-hybridized carbons (Fsp3) is 0.889. The van der Waals surface area contributed by atoms with Gasteiger partial charge in [-0.3, -0.25) is 0 Å². The number of hydrogen-bond donors (Lipinski definition) is 1. The second-order valence-electron chi connectivity index (χ2n) is 3.81. The van der Waals surface area contributed by atoms with Gasteiger partial charge in [-0.25, -0.2) is 0 Å². The van der Waals surface area contributed by atoms with E-state index < -0.39 is 5.79 Å². The SMILES string of the molecule is O/N=C(\Cl)[C@H]1COC2(CCCCC2)O1. The van der Waals surface area contributed by atoms with Gasteiger partial charge in [0.2, 0.25) is 0 Å². The zero-order valence-electron chi connectivity index (χ0n) is 7.91. The predicted molar refractivity (Wildman–Crippen MR) is 51.7 cm³/mol. The molecule has 1 N–H and O–H groups in total. The maximum atomic E-state index is 8.50. The van der Waals surface area contributed by atoms with Gasteiger partial charge in [0.25, 0.3) is 0 Å². The molecule has 1 atom stereocenters. The third kappa shape index (κ3) is 1.87. The molecule has 0 aromatic heterocycles. The first kappa shape index (κ1) is 10.2. The topological polar surface area (TPSA) is 51.1 Å². The molecule has 0 aromatic rings. The molecule has 4 nitrogen and oxygen atoms in total. The van der Waals surface area contributed by atoms with E-state index in [-0.39, 0.29) is 11.3 Å². The maximum Gasteiger partial charge on any atom is 0.176 e. The van der Waals surface area contributed by atoms with Gasteiger partial charge in [-0.15, -0.1) is 0 Å². The minimum absolute atomic E-state index is 0.0763. The summed E-state index contributed by atoms with van der Waals surface area (Å²) in [5.41, 5.74) is 0. The molecule has 80 valence electrons. The molecule has 2 aliphatic rings. The Hall–Kier alpha value is -0.320. The average molecular weight is 220 g/mol. The normalized spacial score (nSPS) is 32.4. The average Bonchev–Trinajstić information content (AvgIpc) is 2.62. The van der Waals surface area contributed by atoms with E-state index in [4.69, 9.17) is 26.3 Å². The van der Waals surface area contributed by atoms with E-state index >= 15 is 0 Å². The predicted octanol–water partition coefficient (Wildman–Crippen LogP) is 2.09. The highest BCUT2D eigenvalue weighted by Gasteiger charge is 2.43. The summed E-state index contributed by atoms with van der Waals surface area (Å²) in [4.78, 5) is 0. The van der Waals surface area contributed by atoms with Crippen molar-refractivity contribution in [3.05, 3.63) is 0 Å². The van der Waals surface area contributed by atoms with Crippen LogP contribution in [0.25, 0.3) is 0 Å². The standard InChI is InChI=1S/C9H14ClNO3/c10-8(11-12)7-6-13-9(14-7)4-2-1-3-5-9/h7,12H,1-6H2/b11-8-/t7-/m1/s1. The summed E-state index contributed by atoms with van der Waals surface area (Å²) in [5, 5.41) is 11.5. The summed E-state index contributed by atoms with van der Waals surface area (Å²) in [7, 11) is 0. The molecule has 1 aliphatic carbocycles. The lowest BCUT2D eigenvalue weighted by atomic mass is 9.94. The van der Waals surface area contributed by atoms with Crippen molar-refractivity contribution in [1.29, 1.82) is 0 Å². The summed E-state index contributed by atoms with van der Waals surface area (Å²) in [5.74, 6) is -0.451. The van der Waals surface area contributed by atoms with E-state index in [1.165, 1.54) is 6.42 Å². The molecule has 1 heterocycles. The molecule has 1 aliphatic heterocycles. The molecule has 1 saturated carbocycles. The smallest absolute Gasteiger partial charge is 0.176 e. The summed E-state index contributed by atoms with van der Waals surface area (Å²) >= 11 is 5.67. The van der Waals surface area contributed by atoms with Crippen LogP contribution in [0, 0.1) is 0 Å². The zero-order valence-corrected chi connectivity index (χ0v) is 8.66. The van der Waals surface area contributed by atoms with Crippen LogP contribution in [-0.4, -0.2) is 28.9 Å². The van der Waals surface area contributed by atoms with Crippen LogP contribution in [0.2, 0.25) is 0 Å². The van der Waals surface area contributed by atoms with Crippen molar-refractivity contribution < 1.29 is 14.7 Å². The molecule has 14 heavy (non-hydrogen) atoms. The van der Waals surface area contributed by atoms with Crippen LogP contribution in [0.1, 0.15) is 32.1 Å². The van der Waals surface area contributed by atoms with Gasteiger partial charge in [-0.2, -0.15) is 0 Å². The van der Waals surface area contributed by atoms with Gasteiger partial charge in [0.05, 0.1) is 6.61 Å². The van der Waals surface area contributed by atoms with Gasteiger partial charge in [0.15, 0.2) is 11.0 Å². The first-order valence-corrected chi connectivity index (χ1v) is 5.33. The van der Waals surface area contributed by atoms with Gasteiger partial charge < -0.3 is 14.7 Å². The highest BCUT2D eigenvalue weighted by atomic mass is 35.5. The minimum Gasteiger partial charge on any atom is -0.410 e. The molecule has 5 heteroatoms. The third-order valence-corrected chi connectivity index (χ3v) is 3.15. The molecular formula is C9H14ClNO3. The fourth-order valence-electron chi connectivity index (χ4n) is 2.09. The Morgan fingerprint density at radius 3 is 2.71 bits per heavy atom. The zero-order chi connectivity index (χ0) is 10.0. The lowest BCUT2D eigenvalue weighted by Crippen LogP contribution is -2.34. The summed E-state index contributed by atoms with van der Waals surface area (Å²) in [6, 6.07) is 0. The maximum absolute atomic E-state index is 8.50. The van der Waals surface area contributed by atoms with Crippen molar-refractivity contribution in [3.8, 4) is 0 Å². The second kappa shape index (κ2) is 4.04. The van der Waals surface area contributed by atoms with Crippen molar-refractivity contribution in [2.45, 2.75) is 44.0 Å². The lowest BCUT2D eigenvalue weighted by molar-refractivity contribution is -0.181. The van der Waals surface area contributed by atoms with Crippen molar-refractivity contribution in [1.82, 2.24) is 0 Å². The van der Waals surface area contributed by atoms with E-state index in [1.807, 2.05) is 0 Å². The molecule has 0 aromatic carbocycles. The van der Waals surface area contributed by atoms with E-state index in [1.54, 1.807) is 0 Å². The lowest BCUT2D eigenvalue weighted by Gasteiger charge is -2.31. The summed E-state index contributed by atoms with van der Waals surface area (Å²) in [6.07, 6.45) is 4.93. The molecular weight excluding hydrogens is 206 g/mol. The molecule has 0 radical (unpaired) electrons. The Labute approximate surface area is 87.8 Å². The Bertz CT molecular complexity index is 238. The van der Waals surface area contributed by atoms with Gasteiger partial charge in [0.1, 0.15) is 6.10 Å². The summed E-state index contributed by atoms with van der Waals surface area (Å²) in [6.45, 7) is 0.392. The van der Waals surface area contributed by atoms with Gasteiger partial charge in [0, 0.05) is 12.8 Å². The Morgan fingerprint density at radius 2 is 2.07 bits per heavy atom. The van der Waals surface area contributed by atoms with Crippen molar-refractivity contribution >= 4 is 16.8 Å². The molecule has 0 amide bonds. The van der Waals surface area contributed by atoms with Crippen molar-refractivity contribution in [3.63, 3.8) is 0 Å². The van der Waals surface area contributed by atoms with Crippen LogP contribution in [0.5, 0.6) is 0 Å². The number of hydrogen-bond acceptors (Lipinski definition) is 4. The molecule has 0 unspecified atom stereocenters. The number of rotatable bonds is 1. The van der Waals surface area contributed by atoms with E-state index in [0.717, 1.165) is 25.7 Å². The molecule has 0 bridgehead atoms. The van der Waals surface area contributed by atoms with Crippen molar-refractivity contribution in [2.75, 3.05) is 6.61 Å². The number of nitrogens with zero attached hydrogens (tertiary/aromatic N) is 1. The number of ether oxygens (including phenoxy) is 2. The highest BCUT2D eigenvalue weighted by Crippen LogP contribution is 2.38.